The van der Waals surface area contributed by atoms with Crippen LogP contribution in [0.15, 0.2) is 24.3 Å². The van der Waals surface area contributed by atoms with E-state index >= 15 is 0 Å². The Kier molecular flexibility index (Phi) is 6.01. The zero-order valence-electron chi connectivity index (χ0n) is 11.2. The van der Waals surface area contributed by atoms with Crippen molar-refractivity contribution in [1.29, 1.82) is 0 Å². The van der Waals surface area contributed by atoms with E-state index in [9.17, 15) is 0 Å². The van der Waals surface area contributed by atoms with Gasteiger partial charge in [-0.2, -0.15) is 0 Å². The van der Waals surface area contributed by atoms with E-state index in [4.69, 9.17) is 9.47 Å². The molecular formula is C14H23NO2. The summed E-state index contributed by atoms with van der Waals surface area (Å²) in [6.07, 6.45) is 1.05. The van der Waals surface area contributed by atoms with Gasteiger partial charge in [-0.15, -0.1) is 0 Å². The number of hydrogen-bond acceptors (Lipinski definition) is 3. The van der Waals surface area contributed by atoms with Crippen molar-refractivity contribution >= 4 is 0 Å². The molecule has 0 aromatic heterocycles. The number of nitrogens with one attached hydrogen (secondary N) is 1. The molecule has 0 amide bonds. The van der Waals surface area contributed by atoms with Crippen molar-refractivity contribution in [1.82, 2.24) is 5.32 Å². The third-order valence-corrected chi connectivity index (χ3v) is 2.95. The van der Waals surface area contributed by atoms with Crippen LogP contribution in [0.2, 0.25) is 0 Å². The van der Waals surface area contributed by atoms with Crippen molar-refractivity contribution in [3.8, 4) is 5.75 Å². The van der Waals surface area contributed by atoms with Gasteiger partial charge in [-0.05, 0) is 19.4 Å². The van der Waals surface area contributed by atoms with Crippen LogP contribution in [-0.2, 0) is 4.74 Å². The lowest BCUT2D eigenvalue weighted by molar-refractivity contribution is 0.159. The Hall–Kier alpha value is -1.06. The highest BCUT2D eigenvalue weighted by Gasteiger charge is 2.14. The number of ether oxygens (including phenoxy) is 2. The second-order valence-electron chi connectivity index (χ2n) is 4.19. The molecule has 1 aromatic carbocycles. The molecule has 0 spiro atoms. The second kappa shape index (κ2) is 7.30. The fourth-order valence-electron chi connectivity index (χ4n) is 1.95. The fraction of sp³-hybridized carbons (Fsp3) is 0.571. The normalized spacial score (nSPS) is 14.4. The largest absolute Gasteiger partial charge is 0.496 e. The molecule has 96 valence electrons. The van der Waals surface area contributed by atoms with Crippen LogP contribution >= 0.6 is 0 Å². The lowest BCUT2D eigenvalue weighted by Gasteiger charge is -2.23. The monoisotopic (exact) mass is 237 g/mol. The standard InChI is InChI=1S/C14H23NO2/c1-5-12(10-16-3)15-11(2)13-8-6-7-9-14(13)17-4/h6-9,11-12,15H,5,10H2,1-4H3/t11-,12?/m1/s1. The molecule has 1 aromatic rings. The van der Waals surface area contributed by atoms with Crippen LogP contribution in [0.5, 0.6) is 5.75 Å². The summed E-state index contributed by atoms with van der Waals surface area (Å²) in [6, 6.07) is 8.74. The molecule has 0 fully saturated rings. The maximum atomic E-state index is 5.37. The van der Waals surface area contributed by atoms with Crippen LogP contribution in [0.4, 0.5) is 0 Å². The molecule has 0 aliphatic carbocycles. The molecule has 17 heavy (non-hydrogen) atoms. The van der Waals surface area contributed by atoms with Gasteiger partial charge in [0, 0.05) is 24.8 Å². The van der Waals surface area contributed by atoms with Crippen LogP contribution < -0.4 is 10.1 Å². The summed E-state index contributed by atoms with van der Waals surface area (Å²) in [5.74, 6) is 0.930. The van der Waals surface area contributed by atoms with E-state index in [2.05, 4.69) is 25.2 Å². The molecule has 2 atom stereocenters. The Morgan fingerprint density at radius 3 is 2.53 bits per heavy atom. The summed E-state index contributed by atoms with van der Waals surface area (Å²) in [4.78, 5) is 0. The van der Waals surface area contributed by atoms with Crippen LogP contribution in [0.1, 0.15) is 31.9 Å². The lowest BCUT2D eigenvalue weighted by atomic mass is 10.1. The first-order valence-corrected chi connectivity index (χ1v) is 6.10. The van der Waals surface area contributed by atoms with Gasteiger partial charge in [-0.25, -0.2) is 0 Å². The molecule has 0 aliphatic rings. The Morgan fingerprint density at radius 1 is 1.24 bits per heavy atom. The lowest BCUT2D eigenvalue weighted by Crippen LogP contribution is -2.34. The van der Waals surface area contributed by atoms with Gasteiger partial charge in [-0.3, -0.25) is 0 Å². The fourth-order valence-corrected chi connectivity index (χ4v) is 1.95. The number of methoxy groups -OCH3 is 2. The van der Waals surface area contributed by atoms with E-state index in [0.29, 0.717) is 6.04 Å². The number of hydrogen-bond donors (Lipinski definition) is 1. The molecule has 1 N–H and O–H groups in total. The van der Waals surface area contributed by atoms with Gasteiger partial charge in [0.1, 0.15) is 5.75 Å². The predicted octanol–water partition coefficient (Wildman–Crippen LogP) is 2.77. The van der Waals surface area contributed by atoms with Gasteiger partial charge in [0.15, 0.2) is 0 Å². The molecular weight excluding hydrogens is 214 g/mol. The molecule has 0 aliphatic heterocycles. The first kappa shape index (κ1) is 14.0. The number of para-hydroxylation sites is 1. The van der Waals surface area contributed by atoms with Gasteiger partial charge in [0.2, 0.25) is 0 Å². The predicted molar refractivity (Wildman–Crippen MR) is 70.5 cm³/mol. The molecule has 0 saturated heterocycles. The van der Waals surface area contributed by atoms with Crippen LogP contribution in [0.25, 0.3) is 0 Å². The Labute approximate surface area is 104 Å². The van der Waals surface area contributed by atoms with Crippen LogP contribution in [0, 0.1) is 0 Å². The van der Waals surface area contributed by atoms with Crippen molar-refractivity contribution in [2.75, 3.05) is 20.8 Å². The minimum atomic E-state index is 0.256. The molecule has 1 rings (SSSR count). The van der Waals surface area contributed by atoms with Gasteiger partial charge in [0.05, 0.1) is 13.7 Å². The Balaban J connectivity index is 2.71. The maximum absolute atomic E-state index is 5.37. The van der Waals surface area contributed by atoms with E-state index in [-0.39, 0.29) is 6.04 Å². The zero-order chi connectivity index (χ0) is 12.7. The zero-order valence-corrected chi connectivity index (χ0v) is 11.2. The minimum Gasteiger partial charge on any atom is -0.496 e. The average molecular weight is 237 g/mol. The SMILES string of the molecule is CCC(COC)N[C@H](C)c1ccccc1OC. The van der Waals surface area contributed by atoms with Crippen molar-refractivity contribution in [3.63, 3.8) is 0 Å². The van der Waals surface area contributed by atoms with E-state index in [1.54, 1.807) is 14.2 Å². The van der Waals surface area contributed by atoms with Crippen molar-refractivity contribution in [3.05, 3.63) is 29.8 Å². The third-order valence-electron chi connectivity index (χ3n) is 2.95. The van der Waals surface area contributed by atoms with Gasteiger partial charge in [-0.1, -0.05) is 25.1 Å². The quantitative estimate of drug-likeness (QED) is 0.791. The van der Waals surface area contributed by atoms with Crippen molar-refractivity contribution in [2.24, 2.45) is 0 Å². The maximum Gasteiger partial charge on any atom is 0.123 e. The number of benzene rings is 1. The van der Waals surface area contributed by atoms with Crippen LogP contribution in [0.3, 0.4) is 0 Å². The van der Waals surface area contributed by atoms with Gasteiger partial charge < -0.3 is 14.8 Å². The van der Waals surface area contributed by atoms with Gasteiger partial charge >= 0.3 is 0 Å². The number of rotatable bonds is 7. The smallest absolute Gasteiger partial charge is 0.123 e. The van der Waals surface area contributed by atoms with Crippen molar-refractivity contribution in [2.45, 2.75) is 32.4 Å². The van der Waals surface area contributed by atoms with E-state index in [1.165, 1.54) is 5.56 Å². The molecule has 0 saturated carbocycles. The summed E-state index contributed by atoms with van der Waals surface area (Å²) in [5, 5.41) is 3.55. The topological polar surface area (TPSA) is 30.5 Å². The van der Waals surface area contributed by atoms with E-state index in [1.807, 2.05) is 18.2 Å². The highest BCUT2D eigenvalue weighted by atomic mass is 16.5. The minimum absolute atomic E-state index is 0.256. The van der Waals surface area contributed by atoms with Gasteiger partial charge in [0.25, 0.3) is 0 Å². The molecule has 0 heterocycles. The third kappa shape index (κ3) is 4.02. The first-order valence-electron chi connectivity index (χ1n) is 6.10. The molecule has 3 heteroatoms. The summed E-state index contributed by atoms with van der Waals surface area (Å²) in [6.45, 7) is 5.04. The second-order valence-corrected chi connectivity index (χ2v) is 4.19. The summed E-state index contributed by atoms with van der Waals surface area (Å²) in [5.41, 5.74) is 1.18. The first-order chi connectivity index (χ1) is 8.22. The highest BCUT2D eigenvalue weighted by molar-refractivity contribution is 5.35. The molecule has 3 nitrogen and oxygen atoms in total. The Bertz CT molecular complexity index is 328. The summed E-state index contributed by atoms with van der Waals surface area (Å²) >= 11 is 0. The van der Waals surface area contributed by atoms with E-state index < -0.39 is 0 Å². The van der Waals surface area contributed by atoms with Crippen LogP contribution in [-0.4, -0.2) is 26.9 Å². The summed E-state index contributed by atoms with van der Waals surface area (Å²) < 4.78 is 10.6. The van der Waals surface area contributed by atoms with Crippen molar-refractivity contribution < 1.29 is 9.47 Å². The Morgan fingerprint density at radius 2 is 1.94 bits per heavy atom. The average Bonchev–Trinajstić information content (AvgIpc) is 2.38. The summed E-state index contributed by atoms with van der Waals surface area (Å²) in [7, 11) is 3.44. The molecule has 0 bridgehead atoms. The van der Waals surface area contributed by atoms with E-state index in [0.717, 1.165) is 18.8 Å². The molecule has 1 unspecified atom stereocenters. The molecule has 0 radical (unpaired) electrons. The highest BCUT2D eigenvalue weighted by Crippen LogP contribution is 2.24.